The summed E-state index contributed by atoms with van der Waals surface area (Å²) in [5.41, 5.74) is 0. The first-order chi connectivity index (χ1) is 10.6. The first kappa shape index (κ1) is 17.3. The smallest absolute Gasteiger partial charge is 0.260 e. The molecule has 1 heterocycles. The number of halogens is 2. The minimum absolute atomic E-state index is 0.167. The molecule has 1 atom stereocenters. The Bertz CT molecular complexity index is 508. The molecule has 0 spiro atoms. The maximum absolute atomic E-state index is 12.0. The highest BCUT2D eigenvalue weighted by atomic mass is 35.5. The summed E-state index contributed by atoms with van der Waals surface area (Å²) in [6.45, 7) is 6.40. The van der Waals surface area contributed by atoms with Crippen molar-refractivity contribution in [3.8, 4) is 5.75 Å². The van der Waals surface area contributed by atoms with Gasteiger partial charge in [0.05, 0.1) is 18.2 Å². The monoisotopic (exact) mass is 346 g/mol. The Balaban J connectivity index is 1.74. The number of benzene rings is 1. The summed E-state index contributed by atoms with van der Waals surface area (Å²) in [5, 5.41) is 3.78. The van der Waals surface area contributed by atoms with Gasteiger partial charge in [0.15, 0.2) is 6.10 Å². The molecule has 0 unspecified atom stereocenters. The summed E-state index contributed by atoms with van der Waals surface area (Å²) in [5.74, 6) is 0.279. The fraction of sp³-hybridized carbons (Fsp3) is 0.533. The summed E-state index contributed by atoms with van der Waals surface area (Å²) >= 11 is 11.9. The van der Waals surface area contributed by atoms with E-state index in [0.29, 0.717) is 22.3 Å². The van der Waals surface area contributed by atoms with Crippen molar-refractivity contribution in [2.75, 3.05) is 39.4 Å². The van der Waals surface area contributed by atoms with Gasteiger partial charge in [-0.1, -0.05) is 23.2 Å². The van der Waals surface area contributed by atoms with Gasteiger partial charge >= 0.3 is 0 Å². The molecule has 0 bridgehead atoms. The molecule has 1 amide bonds. The van der Waals surface area contributed by atoms with Gasteiger partial charge in [0, 0.05) is 31.2 Å². The van der Waals surface area contributed by atoms with E-state index < -0.39 is 6.10 Å². The van der Waals surface area contributed by atoms with Crippen molar-refractivity contribution in [3.63, 3.8) is 0 Å². The molecule has 22 heavy (non-hydrogen) atoms. The van der Waals surface area contributed by atoms with E-state index in [1.54, 1.807) is 25.1 Å². The first-order valence-electron chi connectivity index (χ1n) is 7.26. The van der Waals surface area contributed by atoms with Crippen LogP contribution in [-0.4, -0.2) is 56.3 Å². The summed E-state index contributed by atoms with van der Waals surface area (Å²) in [4.78, 5) is 14.3. The van der Waals surface area contributed by atoms with Crippen molar-refractivity contribution in [2.24, 2.45) is 0 Å². The number of rotatable bonds is 6. The molecule has 1 fully saturated rings. The van der Waals surface area contributed by atoms with Crippen LogP contribution in [0.15, 0.2) is 18.2 Å². The third-order valence-electron chi connectivity index (χ3n) is 3.40. The Labute approximate surface area is 140 Å². The molecule has 122 valence electrons. The second kappa shape index (κ2) is 8.58. The van der Waals surface area contributed by atoms with Gasteiger partial charge in [-0.25, -0.2) is 0 Å². The fourth-order valence-corrected chi connectivity index (χ4v) is 2.57. The van der Waals surface area contributed by atoms with E-state index in [2.05, 4.69) is 10.2 Å². The SMILES string of the molecule is C[C@H](Oc1ccc(Cl)cc1Cl)C(=O)NCCN1CCOCC1. The van der Waals surface area contributed by atoms with Crippen molar-refractivity contribution >= 4 is 29.1 Å². The maximum atomic E-state index is 12.0. The number of carbonyl (C=O) groups excluding carboxylic acids is 1. The molecule has 1 aliphatic heterocycles. The minimum atomic E-state index is -0.622. The fourth-order valence-electron chi connectivity index (χ4n) is 2.12. The highest BCUT2D eigenvalue weighted by Crippen LogP contribution is 2.28. The molecular weight excluding hydrogens is 327 g/mol. The largest absolute Gasteiger partial charge is 0.479 e. The highest BCUT2D eigenvalue weighted by Gasteiger charge is 2.16. The molecule has 0 saturated carbocycles. The molecule has 0 aliphatic carbocycles. The number of morpholine rings is 1. The topological polar surface area (TPSA) is 50.8 Å². The van der Waals surface area contributed by atoms with Crippen molar-refractivity contribution in [3.05, 3.63) is 28.2 Å². The van der Waals surface area contributed by atoms with Gasteiger partial charge in [0.2, 0.25) is 0 Å². The standard InChI is InChI=1S/C15H20Cl2N2O3/c1-11(22-14-3-2-12(16)10-13(14)17)15(20)18-4-5-19-6-8-21-9-7-19/h2-3,10-11H,4-9H2,1H3,(H,18,20)/t11-/m0/s1. The number of hydrogen-bond donors (Lipinski definition) is 1. The predicted molar refractivity (Wildman–Crippen MR) is 86.8 cm³/mol. The van der Waals surface area contributed by atoms with Gasteiger partial charge in [-0.05, 0) is 25.1 Å². The Kier molecular flexibility index (Phi) is 6.76. The Hall–Kier alpha value is -1.01. The van der Waals surface area contributed by atoms with E-state index >= 15 is 0 Å². The third-order valence-corrected chi connectivity index (χ3v) is 3.93. The Morgan fingerprint density at radius 1 is 1.41 bits per heavy atom. The predicted octanol–water partition coefficient (Wildman–Crippen LogP) is 2.21. The lowest BCUT2D eigenvalue weighted by atomic mass is 10.3. The highest BCUT2D eigenvalue weighted by molar-refractivity contribution is 6.35. The van der Waals surface area contributed by atoms with Crippen LogP contribution in [0.4, 0.5) is 0 Å². The summed E-state index contributed by atoms with van der Waals surface area (Å²) in [6, 6.07) is 4.91. The van der Waals surface area contributed by atoms with E-state index in [4.69, 9.17) is 32.7 Å². The second-order valence-electron chi connectivity index (χ2n) is 5.08. The van der Waals surface area contributed by atoms with Crippen LogP contribution in [0.1, 0.15) is 6.92 Å². The van der Waals surface area contributed by atoms with Gasteiger partial charge in [0.25, 0.3) is 5.91 Å². The van der Waals surface area contributed by atoms with Gasteiger partial charge < -0.3 is 14.8 Å². The van der Waals surface area contributed by atoms with Crippen LogP contribution in [-0.2, 0) is 9.53 Å². The van der Waals surface area contributed by atoms with Crippen LogP contribution in [0.25, 0.3) is 0 Å². The summed E-state index contributed by atoms with van der Waals surface area (Å²) in [7, 11) is 0. The average Bonchev–Trinajstić information content (AvgIpc) is 2.51. The Morgan fingerprint density at radius 3 is 2.82 bits per heavy atom. The second-order valence-corrected chi connectivity index (χ2v) is 5.92. The minimum Gasteiger partial charge on any atom is -0.479 e. The maximum Gasteiger partial charge on any atom is 0.260 e. The molecule has 0 radical (unpaired) electrons. The number of ether oxygens (including phenoxy) is 2. The van der Waals surface area contributed by atoms with E-state index in [1.165, 1.54) is 0 Å². The van der Waals surface area contributed by atoms with Gasteiger partial charge in [-0.15, -0.1) is 0 Å². The number of amides is 1. The molecule has 5 nitrogen and oxygen atoms in total. The molecule has 1 N–H and O–H groups in total. The zero-order chi connectivity index (χ0) is 15.9. The quantitative estimate of drug-likeness (QED) is 0.857. The van der Waals surface area contributed by atoms with Crippen molar-refractivity contribution in [1.82, 2.24) is 10.2 Å². The van der Waals surface area contributed by atoms with Crippen molar-refractivity contribution in [1.29, 1.82) is 0 Å². The lowest BCUT2D eigenvalue weighted by molar-refractivity contribution is -0.127. The lowest BCUT2D eigenvalue weighted by Gasteiger charge is -2.26. The lowest BCUT2D eigenvalue weighted by Crippen LogP contribution is -2.43. The number of nitrogens with one attached hydrogen (secondary N) is 1. The van der Waals surface area contributed by atoms with Crippen LogP contribution in [0.2, 0.25) is 10.0 Å². The third kappa shape index (κ3) is 5.32. The Morgan fingerprint density at radius 2 is 2.14 bits per heavy atom. The van der Waals surface area contributed by atoms with Crippen molar-refractivity contribution < 1.29 is 14.3 Å². The summed E-state index contributed by atoms with van der Waals surface area (Å²) in [6.07, 6.45) is -0.622. The number of nitrogens with zero attached hydrogens (tertiary/aromatic N) is 1. The molecule has 0 aromatic heterocycles. The van der Waals surface area contributed by atoms with Crippen LogP contribution < -0.4 is 10.1 Å². The molecule has 1 aliphatic rings. The van der Waals surface area contributed by atoms with Crippen LogP contribution >= 0.6 is 23.2 Å². The normalized spacial score (nSPS) is 17.0. The summed E-state index contributed by atoms with van der Waals surface area (Å²) < 4.78 is 10.8. The number of hydrogen-bond acceptors (Lipinski definition) is 4. The molecule has 1 aromatic carbocycles. The van der Waals surface area contributed by atoms with Crippen molar-refractivity contribution in [2.45, 2.75) is 13.0 Å². The molecule has 1 saturated heterocycles. The van der Waals surface area contributed by atoms with E-state index in [0.717, 1.165) is 32.8 Å². The van der Waals surface area contributed by atoms with E-state index in [-0.39, 0.29) is 5.91 Å². The number of carbonyl (C=O) groups is 1. The molecular formula is C15H20Cl2N2O3. The van der Waals surface area contributed by atoms with Gasteiger partial charge in [-0.3, -0.25) is 9.69 Å². The molecule has 2 rings (SSSR count). The average molecular weight is 347 g/mol. The zero-order valence-corrected chi connectivity index (χ0v) is 14.0. The molecule has 7 heteroatoms. The van der Waals surface area contributed by atoms with E-state index in [9.17, 15) is 4.79 Å². The van der Waals surface area contributed by atoms with Gasteiger partial charge in [0.1, 0.15) is 5.75 Å². The van der Waals surface area contributed by atoms with Gasteiger partial charge in [-0.2, -0.15) is 0 Å². The van der Waals surface area contributed by atoms with Crippen LogP contribution in [0, 0.1) is 0 Å². The zero-order valence-electron chi connectivity index (χ0n) is 12.5. The van der Waals surface area contributed by atoms with E-state index in [1.807, 2.05) is 0 Å². The molecule has 1 aromatic rings. The first-order valence-corrected chi connectivity index (χ1v) is 8.01. The van der Waals surface area contributed by atoms with Crippen LogP contribution in [0.5, 0.6) is 5.75 Å². The van der Waals surface area contributed by atoms with Crippen LogP contribution in [0.3, 0.4) is 0 Å².